The van der Waals surface area contributed by atoms with Crippen molar-refractivity contribution in [1.82, 2.24) is 9.80 Å². The summed E-state index contributed by atoms with van der Waals surface area (Å²) in [4.78, 5) is 17.0. The zero-order valence-corrected chi connectivity index (χ0v) is 22.1. The number of ether oxygens (including phenoxy) is 1. The molecule has 4 rings (SSSR count). The molecule has 1 amide bonds. The highest BCUT2D eigenvalue weighted by atomic mass is 35.5. The van der Waals surface area contributed by atoms with Gasteiger partial charge in [-0.2, -0.15) is 0 Å². The average molecular weight is 583 g/mol. The summed E-state index contributed by atoms with van der Waals surface area (Å²) in [5, 5.41) is 0.927. The highest BCUT2D eigenvalue weighted by Gasteiger charge is 2.25. The molecule has 34 heavy (non-hydrogen) atoms. The zero-order chi connectivity index (χ0) is 24.4. The highest BCUT2D eigenvalue weighted by molar-refractivity contribution is 6.55. The van der Waals surface area contributed by atoms with Gasteiger partial charge in [0.25, 0.3) is 5.91 Å². The maximum absolute atomic E-state index is 12.9. The van der Waals surface area contributed by atoms with Gasteiger partial charge in [0.1, 0.15) is 22.4 Å². The number of hydrogen-bond donors (Lipinski definition) is 0. The van der Waals surface area contributed by atoms with Crippen LogP contribution < -0.4 is 4.74 Å². The van der Waals surface area contributed by atoms with Gasteiger partial charge in [0.05, 0.1) is 15.1 Å². The number of carbonyl (C=O) groups is 1. The Bertz CT molecular complexity index is 1160. The number of benzene rings is 2. The second-order valence-corrected chi connectivity index (χ2v) is 9.97. The molecule has 1 aliphatic heterocycles. The maximum Gasteiger partial charge on any atom is 0.289 e. The zero-order valence-electron chi connectivity index (χ0n) is 17.6. The lowest BCUT2D eigenvalue weighted by molar-refractivity contribution is 0.0594. The molecule has 0 saturated carbocycles. The molecule has 180 valence electrons. The van der Waals surface area contributed by atoms with E-state index < -0.39 is 0 Å². The van der Waals surface area contributed by atoms with Crippen LogP contribution >= 0.6 is 69.6 Å². The monoisotopic (exact) mass is 580 g/mol. The van der Waals surface area contributed by atoms with Crippen LogP contribution in [0.3, 0.4) is 0 Å². The van der Waals surface area contributed by atoms with Crippen molar-refractivity contribution in [2.75, 3.05) is 26.2 Å². The summed E-state index contributed by atoms with van der Waals surface area (Å²) in [6, 6.07) is 11.1. The minimum atomic E-state index is -0.175. The SMILES string of the molecule is O=C(c1ccc(COc2c(Cl)c(Cl)c(Cl)c(Cl)c2Cl)o1)N1CCN(Cc2ccc(Cl)cc2)CC1. The number of nitrogens with zero attached hydrogens (tertiary/aromatic N) is 2. The van der Waals surface area contributed by atoms with E-state index in [1.165, 1.54) is 5.56 Å². The van der Waals surface area contributed by atoms with Crippen LogP contribution in [0.15, 0.2) is 40.8 Å². The van der Waals surface area contributed by atoms with Crippen molar-refractivity contribution in [3.05, 3.63) is 83.6 Å². The maximum atomic E-state index is 12.9. The number of halogens is 6. The van der Waals surface area contributed by atoms with Crippen LogP contribution in [0.2, 0.25) is 30.1 Å². The number of amides is 1. The Morgan fingerprint density at radius 3 is 2.00 bits per heavy atom. The molecule has 11 heteroatoms. The summed E-state index contributed by atoms with van der Waals surface area (Å²) in [7, 11) is 0. The lowest BCUT2D eigenvalue weighted by atomic mass is 10.2. The Morgan fingerprint density at radius 1 is 0.794 bits per heavy atom. The van der Waals surface area contributed by atoms with Crippen LogP contribution in [-0.4, -0.2) is 41.9 Å². The number of carbonyl (C=O) groups excluding carboxylic acids is 1. The third kappa shape index (κ3) is 5.73. The van der Waals surface area contributed by atoms with Crippen molar-refractivity contribution in [2.45, 2.75) is 13.2 Å². The minimum Gasteiger partial charge on any atom is -0.482 e. The summed E-state index contributed by atoms with van der Waals surface area (Å²) in [5.74, 6) is 0.558. The van der Waals surface area contributed by atoms with E-state index in [2.05, 4.69) is 4.90 Å². The Kier molecular flexibility index (Phi) is 8.47. The topological polar surface area (TPSA) is 45.9 Å². The Balaban J connectivity index is 1.33. The Hall–Kier alpha value is -1.31. The highest BCUT2D eigenvalue weighted by Crippen LogP contribution is 2.48. The van der Waals surface area contributed by atoms with Crippen molar-refractivity contribution < 1.29 is 13.9 Å². The lowest BCUT2D eigenvalue weighted by Crippen LogP contribution is -2.48. The van der Waals surface area contributed by atoms with Gasteiger partial charge < -0.3 is 14.1 Å². The van der Waals surface area contributed by atoms with Gasteiger partial charge in [-0.3, -0.25) is 9.69 Å². The van der Waals surface area contributed by atoms with E-state index in [0.29, 0.717) is 23.9 Å². The normalized spacial score (nSPS) is 14.5. The number of piperazine rings is 1. The van der Waals surface area contributed by atoms with Gasteiger partial charge in [0, 0.05) is 37.7 Å². The molecule has 0 N–H and O–H groups in total. The minimum absolute atomic E-state index is 0.0319. The van der Waals surface area contributed by atoms with Gasteiger partial charge in [0.2, 0.25) is 0 Å². The first-order valence-electron chi connectivity index (χ1n) is 10.2. The molecule has 1 saturated heterocycles. The number of furan rings is 1. The molecule has 1 aromatic heterocycles. The van der Waals surface area contributed by atoms with E-state index in [4.69, 9.17) is 78.8 Å². The van der Waals surface area contributed by atoms with Crippen LogP contribution in [0, 0.1) is 0 Å². The van der Waals surface area contributed by atoms with E-state index in [-0.39, 0.29) is 49.1 Å². The van der Waals surface area contributed by atoms with Crippen molar-refractivity contribution in [2.24, 2.45) is 0 Å². The quantitative estimate of drug-likeness (QED) is 0.220. The molecule has 0 spiro atoms. The van der Waals surface area contributed by atoms with Gasteiger partial charge in [-0.1, -0.05) is 81.7 Å². The summed E-state index contributed by atoms with van der Waals surface area (Å²) < 4.78 is 11.4. The van der Waals surface area contributed by atoms with Crippen LogP contribution in [0.1, 0.15) is 21.9 Å². The van der Waals surface area contributed by atoms with Crippen LogP contribution in [0.4, 0.5) is 0 Å². The fraction of sp³-hybridized carbons (Fsp3) is 0.261. The summed E-state index contributed by atoms with van der Waals surface area (Å²) in [6.45, 7) is 3.51. The second kappa shape index (κ2) is 11.2. The van der Waals surface area contributed by atoms with Crippen LogP contribution in [0.5, 0.6) is 5.75 Å². The molecule has 1 aliphatic rings. The predicted molar refractivity (Wildman–Crippen MR) is 137 cm³/mol. The largest absolute Gasteiger partial charge is 0.482 e. The molecule has 3 aromatic rings. The van der Waals surface area contributed by atoms with E-state index in [9.17, 15) is 4.79 Å². The Labute approximate surface area is 227 Å². The molecule has 5 nitrogen and oxygen atoms in total. The van der Waals surface area contributed by atoms with Crippen LogP contribution in [-0.2, 0) is 13.2 Å². The summed E-state index contributed by atoms with van der Waals surface area (Å²) >= 11 is 36.4. The molecule has 2 aromatic carbocycles. The molecule has 0 bridgehead atoms. The first kappa shape index (κ1) is 25.8. The van der Waals surface area contributed by atoms with E-state index in [0.717, 1.165) is 19.6 Å². The third-order valence-corrected chi connectivity index (χ3v) is 7.87. The third-order valence-electron chi connectivity index (χ3n) is 5.38. The van der Waals surface area contributed by atoms with Crippen molar-refractivity contribution in [3.8, 4) is 5.75 Å². The fourth-order valence-corrected chi connectivity index (χ4v) is 4.89. The Morgan fingerprint density at radius 2 is 1.38 bits per heavy atom. The summed E-state index contributed by atoms with van der Waals surface area (Å²) in [6.07, 6.45) is 0. The standard InChI is InChI=1S/C23H18Cl6N2O3/c24-14-3-1-13(2-4-14)11-30-7-9-31(10-8-30)23(32)16-6-5-15(34-16)12-33-22-20(28)18(26)17(25)19(27)21(22)29/h1-6H,7-12H2. The number of hydrogen-bond acceptors (Lipinski definition) is 4. The molecule has 0 atom stereocenters. The first-order valence-corrected chi connectivity index (χ1v) is 12.5. The summed E-state index contributed by atoms with van der Waals surface area (Å²) in [5.41, 5.74) is 1.18. The molecular formula is C23H18Cl6N2O3. The van der Waals surface area contributed by atoms with Gasteiger partial charge in [-0.15, -0.1) is 0 Å². The second-order valence-electron chi connectivity index (χ2n) is 7.65. The van der Waals surface area contributed by atoms with Gasteiger partial charge in [-0.05, 0) is 29.8 Å². The van der Waals surface area contributed by atoms with Gasteiger partial charge >= 0.3 is 0 Å². The molecule has 0 aliphatic carbocycles. The fourth-order valence-electron chi connectivity index (χ4n) is 3.54. The van der Waals surface area contributed by atoms with E-state index >= 15 is 0 Å². The molecule has 1 fully saturated rings. The lowest BCUT2D eigenvalue weighted by Gasteiger charge is -2.34. The smallest absolute Gasteiger partial charge is 0.289 e. The molecular weight excluding hydrogens is 565 g/mol. The van der Waals surface area contributed by atoms with Crippen molar-refractivity contribution >= 4 is 75.5 Å². The first-order chi connectivity index (χ1) is 16.2. The van der Waals surface area contributed by atoms with Crippen molar-refractivity contribution in [1.29, 1.82) is 0 Å². The predicted octanol–water partition coefficient (Wildman–Crippen LogP) is 7.74. The van der Waals surface area contributed by atoms with E-state index in [1.54, 1.807) is 17.0 Å². The van der Waals surface area contributed by atoms with Gasteiger partial charge in [0.15, 0.2) is 11.5 Å². The average Bonchev–Trinajstić information content (AvgIpc) is 3.32. The van der Waals surface area contributed by atoms with Crippen molar-refractivity contribution in [3.63, 3.8) is 0 Å². The molecule has 2 heterocycles. The van der Waals surface area contributed by atoms with Crippen LogP contribution in [0.25, 0.3) is 0 Å². The van der Waals surface area contributed by atoms with Gasteiger partial charge in [-0.25, -0.2) is 0 Å². The molecule has 0 unspecified atom stereocenters. The van der Waals surface area contributed by atoms with E-state index in [1.807, 2.05) is 24.3 Å². The number of rotatable bonds is 6. The molecule has 0 radical (unpaired) electrons.